The molecule has 0 aliphatic carbocycles. The molecule has 10 heteroatoms. The van der Waals surface area contributed by atoms with E-state index in [9.17, 15) is 9.59 Å². The number of rotatable bonds is 7. The zero-order valence-corrected chi connectivity index (χ0v) is 15.3. The van der Waals surface area contributed by atoms with Gasteiger partial charge in [0.05, 0.1) is 20.4 Å². The van der Waals surface area contributed by atoms with E-state index in [1.807, 2.05) is 0 Å². The van der Waals surface area contributed by atoms with Crippen molar-refractivity contribution in [2.24, 2.45) is 0 Å². The van der Waals surface area contributed by atoms with Crippen molar-refractivity contribution < 1.29 is 23.8 Å². The first-order valence-electron chi connectivity index (χ1n) is 7.92. The summed E-state index contributed by atoms with van der Waals surface area (Å²) in [5.74, 6) is 0.343. The molecule has 2 amide bonds. The van der Waals surface area contributed by atoms with E-state index in [4.69, 9.17) is 25.8 Å². The van der Waals surface area contributed by atoms with Crippen molar-refractivity contribution in [3.63, 3.8) is 0 Å². The highest BCUT2D eigenvalue weighted by Crippen LogP contribution is 2.39. The number of hydrazine groups is 1. The van der Waals surface area contributed by atoms with Gasteiger partial charge in [-0.3, -0.25) is 20.0 Å². The summed E-state index contributed by atoms with van der Waals surface area (Å²) < 4.78 is 15.7. The number of β-lactam (4-membered cyclic amide) rings is 1. The van der Waals surface area contributed by atoms with Crippen LogP contribution in [0.25, 0.3) is 0 Å². The summed E-state index contributed by atoms with van der Waals surface area (Å²) in [7, 11) is 3.04. The number of hydrogen-bond acceptors (Lipinski definition) is 7. The molecule has 0 radical (unpaired) electrons. The SMILES string of the molecule is COc1cc(OC)cc(C2C(Cl)C(=O)N2NC(=O)COc2cnccn2)c1. The zero-order valence-electron chi connectivity index (χ0n) is 14.6. The van der Waals surface area contributed by atoms with E-state index >= 15 is 0 Å². The van der Waals surface area contributed by atoms with Gasteiger partial charge < -0.3 is 14.2 Å². The summed E-state index contributed by atoms with van der Waals surface area (Å²) in [5, 5.41) is 0.344. The summed E-state index contributed by atoms with van der Waals surface area (Å²) >= 11 is 6.17. The van der Waals surface area contributed by atoms with Gasteiger partial charge in [-0.05, 0) is 17.7 Å². The molecule has 0 spiro atoms. The first-order valence-corrected chi connectivity index (χ1v) is 8.35. The van der Waals surface area contributed by atoms with Crippen molar-refractivity contribution in [3.05, 3.63) is 42.4 Å². The van der Waals surface area contributed by atoms with E-state index in [1.165, 1.54) is 32.8 Å². The van der Waals surface area contributed by atoms with Crippen LogP contribution in [-0.2, 0) is 9.59 Å². The Bertz CT molecular complexity index is 813. The Morgan fingerprint density at radius 1 is 1.22 bits per heavy atom. The van der Waals surface area contributed by atoms with Gasteiger partial charge in [-0.25, -0.2) is 9.99 Å². The number of halogens is 1. The van der Waals surface area contributed by atoms with E-state index in [0.29, 0.717) is 17.1 Å². The minimum Gasteiger partial charge on any atom is -0.497 e. The van der Waals surface area contributed by atoms with Gasteiger partial charge in [-0.1, -0.05) is 0 Å². The lowest BCUT2D eigenvalue weighted by Crippen LogP contribution is -2.63. The molecule has 1 fully saturated rings. The second-order valence-corrected chi connectivity index (χ2v) is 6.04. The molecule has 1 aliphatic heterocycles. The lowest BCUT2D eigenvalue weighted by molar-refractivity contribution is -0.157. The second kappa shape index (κ2) is 8.09. The molecule has 1 saturated heterocycles. The van der Waals surface area contributed by atoms with Crippen LogP contribution in [0.15, 0.2) is 36.8 Å². The first kappa shape index (κ1) is 18.7. The largest absolute Gasteiger partial charge is 0.497 e. The van der Waals surface area contributed by atoms with Crippen LogP contribution in [0.2, 0.25) is 0 Å². The van der Waals surface area contributed by atoms with E-state index in [-0.39, 0.29) is 12.5 Å². The minimum absolute atomic E-state index is 0.201. The molecule has 0 saturated carbocycles. The fraction of sp³-hybridized carbons (Fsp3) is 0.294. The molecule has 2 heterocycles. The number of methoxy groups -OCH3 is 2. The molecule has 3 rings (SSSR count). The zero-order chi connectivity index (χ0) is 19.4. The van der Waals surface area contributed by atoms with Crippen molar-refractivity contribution in [3.8, 4) is 17.4 Å². The molecule has 2 unspecified atom stereocenters. The number of hydrogen-bond donors (Lipinski definition) is 1. The van der Waals surface area contributed by atoms with Crippen LogP contribution >= 0.6 is 11.6 Å². The van der Waals surface area contributed by atoms with Gasteiger partial charge in [0.1, 0.15) is 22.9 Å². The van der Waals surface area contributed by atoms with Crippen LogP contribution in [0.1, 0.15) is 11.6 Å². The van der Waals surface area contributed by atoms with Crippen molar-refractivity contribution in [1.29, 1.82) is 0 Å². The van der Waals surface area contributed by atoms with Crippen molar-refractivity contribution in [2.45, 2.75) is 11.4 Å². The van der Waals surface area contributed by atoms with Crippen LogP contribution < -0.4 is 19.6 Å². The predicted molar refractivity (Wildman–Crippen MR) is 94.4 cm³/mol. The third-order valence-electron chi connectivity index (χ3n) is 3.88. The Balaban J connectivity index is 1.69. The smallest absolute Gasteiger partial charge is 0.276 e. The Hall–Kier alpha value is -3.07. The molecule has 1 aromatic heterocycles. The maximum atomic E-state index is 12.1. The van der Waals surface area contributed by atoms with Crippen LogP contribution in [-0.4, -0.2) is 53.0 Å². The average Bonchev–Trinajstić information content (AvgIpc) is 2.71. The predicted octanol–water partition coefficient (Wildman–Crippen LogP) is 1.09. The van der Waals surface area contributed by atoms with Gasteiger partial charge >= 0.3 is 0 Å². The molecule has 1 aromatic carbocycles. The van der Waals surface area contributed by atoms with Crippen LogP contribution in [0.4, 0.5) is 0 Å². The summed E-state index contributed by atoms with van der Waals surface area (Å²) in [6.45, 7) is -0.330. The number of aromatic nitrogens is 2. The highest BCUT2D eigenvalue weighted by molar-refractivity contribution is 6.33. The van der Waals surface area contributed by atoms with E-state index in [1.54, 1.807) is 18.2 Å². The van der Waals surface area contributed by atoms with E-state index < -0.39 is 23.2 Å². The van der Waals surface area contributed by atoms with Gasteiger partial charge in [0.25, 0.3) is 11.8 Å². The Labute approximate surface area is 160 Å². The standard InChI is InChI=1S/C17H17ClN4O5/c1-25-11-5-10(6-12(7-11)26-2)16-15(18)17(24)22(16)21-13(23)9-27-14-8-19-3-4-20-14/h3-8,15-16H,9H2,1-2H3,(H,21,23). The summed E-state index contributed by atoms with van der Waals surface area (Å²) in [5.41, 5.74) is 3.16. The van der Waals surface area contributed by atoms with Gasteiger partial charge in [-0.15, -0.1) is 11.6 Å². The van der Waals surface area contributed by atoms with E-state index in [0.717, 1.165) is 5.01 Å². The quantitative estimate of drug-likeness (QED) is 0.555. The second-order valence-electron chi connectivity index (χ2n) is 5.57. The Kier molecular flexibility index (Phi) is 5.60. The third kappa shape index (κ3) is 4.03. The lowest BCUT2D eigenvalue weighted by atomic mass is 9.95. The highest BCUT2D eigenvalue weighted by Gasteiger charge is 2.48. The van der Waals surface area contributed by atoms with Gasteiger partial charge in [0.15, 0.2) is 6.61 Å². The summed E-state index contributed by atoms with van der Waals surface area (Å²) in [6.07, 6.45) is 4.30. The van der Waals surface area contributed by atoms with Gasteiger partial charge in [-0.2, -0.15) is 0 Å². The first-order chi connectivity index (χ1) is 13.0. The fourth-order valence-electron chi connectivity index (χ4n) is 2.56. The number of carbonyl (C=O) groups excluding carboxylic acids is 2. The monoisotopic (exact) mass is 392 g/mol. The topological polar surface area (TPSA) is 103 Å². The van der Waals surface area contributed by atoms with Crippen molar-refractivity contribution in [1.82, 2.24) is 20.4 Å². The normalized spacial score (nSPS) is 18.5. The molecule has 2 atom stereocenters. The van der Waals surface area contributed by atoms with Crippen LogP contribution in [0.3, 0.4) is 0 Å². The molecule has 0 bridgehead atoms. The minimum atomic E-state index is -0.817. The van der Waals surface area contributed by atoms with Crippen molar-refractivity contribution >= 4 is 23.4 Å². The lowest BCUT2D eigenvalue weighted by Gasteiger charge is -2.43. The van der Waals surface area contributed by atoms with Crippen LogP contribution in [0.5, 0.6) is 17.4 Å². The molecule has 1 N–H and O–H groups in total. The average molecular weight is 393 g/mol. The Morgan fingerprint density at radius 3 is 2.52 bits per heavy atom. The molecule has 27 heavy (non-hydrogen) atoms. The number of alkyl halides is 1. The molecule has 1 aliphatic rings. The third-order valence-corrected chi connectivity index (χ3v) is 4.31. The summed E-state index contributed by atoms with van der Waals surface area (Å²) in [4.78, 5) is 32.0. The number of ether oxygens (including phenoxy) is 3. The molecular formula is C17H17ClN4O5. The molecular weight excluding hydrogens is 376 g/mol. The molecule has 9 nitrogen and oxygen atoms in total. The van der Waals surface area contributed by atoms with Gasteiger partial charge in [0, 0.05) is 18.5 Å². The maximum Gasteiger partial charge on any atom is 0.276 e. The number of amides is 2. The van der Waals surface area contributed by atoms with Gasteiger partial charge in [0.2, 0.25) is 5.88 Å². The number of nitrogens with zero attached hydrogens (tertiary/aromatic N) is 3. The summed E-state index contributed by atoms with van der Waals surface area (Å²) in [6, 6.07) is 4.59. The molecule has 2 aromatic rings. The number of carbonyl (C=O) groups is 2. The van der Waals surface area contributed by atoms with E-state index in [2.05, 4.69) is 15.4 Å². The number of benzene rings is 1. The number of nitrogens with one attached hydrogen (secondary N) is 1. The fourth-order valence-corrected chi connectivity index (χ4v) is 2.93. The van der Waals surface area contributed by atoms with Crippen LogP contribution in [0, 0.1) is 0 Å². The molecule has 142 valence electrons. The van der Waals surface area contributed by atoms with Crippen molar-refractivity contribution in [2.75, 3.05) is 20.8 Å². The maximum absolute atomic E-state index is 12.1. The highest BCUT2D eigenvalue weighted by atomic mass is 35.5. The Morgan fingerprint density at radius 2 is 1.93 bits per heavy atom.